The number of rotatable bonds is 8. The number of carbonyl (C=O) groups is 3. The Labute approximate surface area is 146 Å². The summed E-state index contributed by atoms with van der Waals surface area (Å²) in [4.78, 5) is 35.4. The van der Waals surface area contributed by atoms with Crippen LogP contribution in [0.4, 0.5) is 0 Å². The molecule has 25 heavy (non-hydrogen) atoms. The first-order valence-corrected chi connectivity index (χ1v) is 8.41. The summed E-state index contributed by atoms with van der Waals surface area (Å²) < 4.78 is 5.58. The van der Waals surface area contributed by atoms with Crippen molar-refractivity contribution in [2.45, 2.75) is 51.1 Å². The van der Waals surface area contributed by atoms with Crippen LogP contribution in [0, 0.1) is 0 Å². The van der Waals surface area contributed by atoms with Crippen molar-refractivity contribution in [3.8, 4) is 5.75 Å². The minimum atomic E-state index is -1.17. The summed E-state index contributed by atoms with van der Waals surface area (Å²) in [6.45, 7) is 3.68. The minimum absolute atomic E-state index is 0.0568. The molecule has 1 fully saturated rings. The Balaban J connectivity index is 2.17. The summed E-state index contributed by atoms with van der Waals surface area (Å²) in [6, 6.07) is 6.58. The van der Waals surface area contributed by atoms with E-state index in [1.807, 2.05) is 13.0 Å². The number of benzene rings is 1. The van der Waals surface area contributed by atoms with Gasteiger partial charge in [-0.3, -0.25) is 9.59 Å². The van der Waals surface area contributed by atoms with Gasteiger partial charge in [-0.2, -0.15) is 0 Å². The molecule has 0 aliphatic heterocycles. The molecule has 1 aromatic carbocycles. The number of carbonyl (C=O) groups excluding carboxylic acids is 2. The Morgan fingerprint density at radius 3 is 2.48 bits per heavy atom. The second-order valence-electron chi connectivity index (χ2n) is 6.22. The van der Waals surface area contributed by atoms with E-state index < -0.39 is 23.5 Å². The Kier molecular flexibility index (Phi) is 6.01. The zero-order chi connectivity index (χ0) is 18.4. The SMILES string of the molecule is CCOc1ccccc1C(CC(=O)NC1(C(=O)O)CCC1)NC(C)=O. The van der Waals surface area contributed by atoms with E-state index in [0.717, 1.165) is 6.42 Å². The van der Waals surface area contributed by atoms with Crippen LogP contribution in [-0.2, 0) is 14.4 Å². The van der Waals surface area contributed by atoms with E-state index in [0.29, 0.717) is 30.8 Å². The van der Waals surface area contributed by atoms with Crippen molar-refractivity contribution in [3.05, 3.63) is 29.8 Å². The van der Waals surface area contributed by atoms with Crippen LogP contribution in [0.2, 0.25) is 0 Å². The van der Waals surface area contributed by atoms with Crippen LogP contribution in [0.15, 0.2) is 24.3 Å². The summed E-state index contributed by atoms with van der Waals surface area (Å²) in [7, 11) is 0. The molecule has 7 nitrogen and oxygen atoms in total. The predicted octanol–water partition coefficient (Wildman–Crippen LogP) is 1.78. The lowest BCUT2D eigenvalue weighted by molar-refractivity contribution is -0.152. The zero-order valence-corrected chi connectivity index (χ0v) is 14.5. The maximum Gasteiger partial charge on any atom is 0.329 e. The van der Waals surface area contributed by atoms with Crippen LogP contribution >= 0.6 is 0 Å². The number of aliphatic carboxylic acids is 1. The van der Waals surface area contributed by atoms with E-state index >= 15 is 0 Å². The van der Waals surface area contributed by atoms with E-state index in [1.165, 1.54) is 6.92 Å². The molecule has 1 aromatic rings. The molecule has 0 aromatic heterocycles. The molecule has 7 heteroatoms. The average molecular weight is 348 g/mol. The number of ether oxygens (including phenoxy) is 1. The van der Waals surface area contributed by atoms with Crippen LogP contribution in [0.5, 0.6) is 5.75 Å². The molecule has 136 valence electrons. The van der Waals surface area contributed by atoms with Crippen LogP contribution in [0.25, 0.3) is 0 Å². The fraction of sp³-hybridized carbons (Fsp3) is 0.500. The Morgan fingerprint density at radius 1 is 1.28 bits per heavy atom. The molecule has 1 aliphatic carbocycles. The largest absolute Gasteiger partial charge is 0.494 e. The van der Waals surface area contributed by atoms with Crippen LogP contribution in [-0.4, -0.2) is 35.0 Å². The summed E-state index contributed by atoms with van der Waals surface area (Å²) in [5, 5.41) is 14.7. The predicted molar refractivity (Wildman–Crippen MR) is 91.1 cm³/mol. The van der Waals surface area contributed by atoms with Gasteiger partial charge < -0.3 is 20.5 Å². The molecular formula is C18H24N2O5. The zero-order valence-electron chi connectivity index (χ0n) is 14.5. The van der Waals surface area contributed by atoms with Crippen molar-refractivity contribution in [2.24, 2.45) is 0 Å². The van der Waals surface area contributed by atoms with Crippen LogP contribution < -0.4 is 15.4 Å². The number of hydrogen-bond donors (Lipinski definition) is 3. The van der Waals surface area contributed by atoms with Crippen molar-refractivity contribution in [1.82, 2.24) is 10.6 Å². The molecule has 0 saturated heterocycles. The van der Waals surface area contributed by atoms with Gasteiger partial charge in [0.05, 0.1) is 19.1 Å². The van der Waals surface area contributed by atoms with Crippen molar-refractivity contribution in [1.29, 1.82) is 0 Å². The van der Waals surface area contributed by atoms with Gasteiger partial charge in [-0.1, -0.05) is 18.2 Å². The molecule has 0 spiro atoms. The van der Waals surface area contributed by atoms with Gasteiger partial charge in [0, 0.05) is 12.5 Å². The highest BCUT2D eigenvalue weighted by Crippen LogP contribution is 2.33. The number of hydrogen-bond acceptors (Lipinski definition) is 4. The van der Waals surface area contributed by atoms with Gasteiger partial charge in [-0.05, 0) is 32.3 Å². The molecule has 1 aliphatic rings. The Hall–Kier alpha value is -2.57. The molecule has 2 rings (SSSR count). The number of nitrogens with one attached hydrogen (secondary N) is 2. The summed E-state index contributed by atoms with van der Waals surface area (Å²) >= 11 is 0. The summed E-state index contributed by atoms with van der Waals surface area (Å²) in [6.07, 6.45) is 1.57. The first-order valence-electron chi connectivity index (χ1n) is 8.41. The lowest BCUT2D eigenvalue weighted by Gasteiger charge is -2.38. The molecule has 1 saturated carbocycles. The monoisotopic (exact) mass is 348 g/mol. The topological polar surface area (TPSA) is 105 Å². The van der Waals surface area contributed by atoms with Gasteiger partial charge in [0.25, 0.3) is 0 Å². The minimum Gasteiger partial charge on any atom is -0.494 e. The quantitative estimate of drug-likeness (QED) is 0.664. The fourth-order valence-electron chi connectivity index (χ4n) is 2.97. The number of para-hydroxylation sites is 1. The average Bonchev–Trinajstić information content (AvgIpc) is 2.50. The van der Waals surface area contributed by atoms with Crippen molar-refractivity contribution < 1.29 is 24.2 Å². The van der Waals surface area contributed by atoms with E-state index in [1.54, 1.807) is 18.2 Å². The third-order valence-corrected chi connectivity index (χ3v) is 4.36. The van der Waals surface area contributed by atoms with Gasteiger partial charge >= 0.3 is 5.97 Å². The first kappa shape index (κ1) is 18.8. The number of amides is 2. The Morgan fingerprint density at radius 2 is 1.96 bits per heavy atom. The summed E-state index contributed by atoms with van der Waals surface area (Å²) in [5.74, 6) is -1.11. The van der Waals surface area contributed by atoms with Gasteiger partial charge in [-0.25, -0.2) is 4.79 Å². The molecule has 0 heterocycles. The third-order valence-electron chi connectivity index (χ3n) is 4.36. The highest BCUT2D eigenvalue weighted by atomic mass is 16.5. The molecule has 1 atom stereocenters. The van der Waals surface area contributed by atoms with Crippen molar-refractivity contribution in [2.75, 3.05) is 6.61 Å². The van der Waals surface area contributed by atoms with Gasteiger partial charge in [0.1, 0.15) is 11.3 Å². The molecule has 3 N–H and O–H groups in total. The molecule has 0 bridgehead atoms. The maximum atomic E-state index is 12.4. The van der Waals surface area contributed by atoms with Crippen molar-refractivity contribution >= 4 is 17.8 Å². The van der Waals surface area contributed by atoms with E-state index in [2.05, 4.69) is 10.6 Å². The maximum absolute atomic E-state index is 12.4. The number of carboxylic acid groups (broad SMARTS) is 1. The van der Waals surface area contributed by atoms with Crippen molar-refractivity contribution in [3.63, 3.8) is 0 Å². The normalized spacial score (nSPS) is 16.2. The number of carboxylic acids is 1. The smallest absolute Gasteiger partial charge is 0.329 e. The fourth-order valence-corrected chi connectivity index (χ4v) is 2.97. The Bertz CT molecular complexity index is 655. The second-order valence-corrected chi connectivity index (χ2v) is 6.22. The van der Waals surface area contributed by atoms with Crippen LogP contribution in [0.1, 0.15) is 51.1 Å². The van der Waals surface area contributed by atoms with E-state index in [9.17, 15) is 19.5 Å². The third kappa shape index (κ3) is 4.49. The van der Waals surface area contributed by atoms with E-state index in [4.69, 9.17) is 4.74 Å². The van der Waals surface area contributed by atoms with Crippen LogP contribution in [0.3, 0.4) is 0 Å². The lowest BCUT2D eigenvalue weighted by Crippen LogP contribution is -2.59. The second kappa shape index (κ2) is 8.00. The highest BCUT2D eigenvalue weighted by molar-refractivity contribution is 5.88. The molecular weight excluding hydrogens is 324 g/mol. The standard InChI is InChI=1S/C18H24N2O5/c1-3-25-15-8-5-4-7-13(15)14(19-12(2)21)11-16(22)20-18(17(23)24)9-6-10-18/h4-5,7-8,14H,3,6,9-11H2,1-2H3,(H,19,21)(H,20,22)(H,23,24). The molecule has 2 amide bonds. The van der Waals surface area contributed by atoms with Gasteiger partial charge in [0.2, 0.25) is 11.8 Å². The van der Waals surface area contributed by atoms with Gasteiger partial charge in [-0.15, -0.1) is 0 Å². The molecule has 1 unspecified atom stereocenters. The lowest BCUT2D eigenvalue weighted by atomic mass is 9.76. The van der Waals surface area contributed by atoms with Gasteiger partial charge in [0.15, 0.2) is 0 Å². The molecule has 0 radical (unpaired) electrons. The first-order chi connectivity index (χ1) is 11.9. The highest BCUT2D eigenvalue weighted by Gasteiger charge is 2.45. The van der Waals surface area contributed by atoms with E-state index in [-0.39, 0.29) is 12.3 Å². The summed E-state index contributed by atoms with van der Waals surface area (Å²) in [5.41, 5.74) is -0.482.